The first-order valence-electron chi connectivity index (χ1n) is 4.53. The molecule has 0 aromatic heterocycles. The minimum Gasteiger partial charge on any atom is -0.371 e. The predicted octanol–water partition coefficient (Wildman–Crippen LogP) is 3.61. The second-order valence-corrected chi connectivity index (χ2v) is 4.07. The van der Waals surface area contributed by atoms with Crippen LogP contribution in [0.3, 0.4) is 0 Å². The van der Waals surface area contributed by atoms with Crippen molar-refractivity contribution in [2.75, 3.05) is 19.1 Å². The zero-order valence-corrected chi connectivity index (χ0v) is 9.21. The molecule has 14 heavy (non-hydrogen) atoms. The third kappa shape index (κ3) is 6.49. The molecule has 0 fully saturated rings. The van der Waals surface area contributed by atoms with E-state index in [9.17, 15) is 13.2 Å². The highest BCUT2D eigenvalue weighted by Gasteiger charge is 2.30. The number of halogens is 4. The summed E-state index contributed by atoms with van der Waals surface area (Å²) in [6, 6.07) is 0. The molecule has 86 valence electrons. The van der Waals surface area contributed by atoms with Crippen LogP contribution in [0.15, 0.2) is 0 Å². The quantitative estimate of drug-likeness (QED) is 0.636. The highest BCUT2D eigenvalue weighted by molar-refractivity contribution is 6.18. The lowest BCUT2D eigenvalue weighted by Crippen LogP contribution is -2.28. The SMILES string of the molecule is CCCC(C)(CCl)COCC(F)(F)F. The molecule has 0 amide bonds. The van der Waals surface area contributed by atoms with E-state index in [0.717, 1.165) is 12.8 Å². The van der Waals surface area contributed by atoms with E-state index in [-0.39, 0.29) is 12.0 Å². The van der Waals surface area contributed by atoms with Crippen LogP contribution in [-0.2, 0) is 4.74 Å². The maximum absolute atomic E-state index is 11.8. The minimum absolute atomic E-state index is 0.0594. The molecule has 0 heterocycles. The van der Waals surface area contributed by atoms with Gasteiger partial charge in [-0.1, -0.05) is 20.3 Å². The summed E-state index contributed by atoms with van der Waals surface area (Å²) in [6.07, 6.45) is -2.59. The minimum atomic E-state index is -4.25. The fourth-order valence-electron chi connectivity index (χ4n) is 1.19. The molecule has 0 bridgehead atoms. The topological polar surface area (TPSA) is 9.23 Å². The van der Waals surface area contributed by atoms with Crippen molar-refractivity contribution in [2.24, 2.45) is 5.41 Å². The molecular weight excluding hydrogens is 217 g/mol. The summed E-state index contributed by atoms with van der Waals surface area (Å²) in [6.45, 7) is 2.67. The van der Waals surface area contributed by atoms with E-state index in [1.54, 1.807) is 0 Å². The number of hydrogen-bond donors (Lipinski definition) is 0. The molecule has 0 aliphatic heterocycles. The van der Waals surface area contributed by atoms with Gasteiger partial charge >= 0.3 is 6.18 Å². The van der Waals surface area contributed by atoms with Gasteiger partial charge in [-0.25, -0.2) is 0 Å². The van der Waals surface area contributed by atoms with E-state index in [2.05, 4.69) is 4.74 Å². The summed E-state index contributed by atoms with van der Waals surface area (Å²) >= 11 is 5.68. The van der Waals surface area contributed by atoms with Crippen LogP contribution in [0.2, 0.25) is 0 Å². The first kappa shape index (κ1) is 14.0. The van der Waals surface area contributed by atoms with E-state index < -0.39 is 12.8 Å². The first-order chi connectivity index (χ1) is 6.33. The second-order valence-electron chi connectivity index (χ2n) is 3.80. The fourth-order valence-corrected chi connectivity index (χ4v) is 1.41. The Kier molecular flexibility index (Phi) is 5.83. The Morgan fingerprint density at radius 1 is 1.21 bits per heavy atom. The molecule has 0 aliphatic carbocycles. The molecule has 0 saturated heterocycles. The van der Waals surface area contributed by atoms with Crippen LogP contribution in [0.5, 0.6) is 0 Å². The van der Waals surface area contributed by atoms with E-state index in [1.165, 1.54) is 0 Å². The van der Waals surface area contributed by atoms with Gasteiger partial charge in [0.1, 0.15) is 6.61 Å². The van der Waals surface area contributed by atoms with Crippen LogP contribution in [0.25, 0.3) is 0 Å². The average Bonchev–Trinajstić information content (AvgIpc) is 2.02. The summed E-state index contributed by atoms with van der Waals surface area (Å²) in [5.74, 6) is 0.318. The Labute approximate surface area is 87.6 Å². The standard InChI is InChI=1S/C9H16ClF3O/c1-3-4-8(2,5-10)6-14-7-9(11,12)13/h3-7H2,1-2H3. The number of alkyl halides is 4. The highest BCUT2D eigenvalue weighted by atomic mass is 35.5. The molecule has 0 rings (SSSR count). The Hall–Kier alpha value is 0.0400. The molecule has 0 saturated carbocycles. The maximum Gasteiger partial charge on any atom is 0.411 e. The van der Waals surface area contributed by atoms with Gasteiger partial charge in [0.05, 0.1) is 6.61 Å². The van der Waals surface area contributed by atoms with Crippen molar-refractivity contribution >= 4 is 11.6 Å². The smallest absolute Gasteiger partial charge is 0.371 e. The molecule has 0 radical (unpaired) electrons. The van der Waals surface area contributed by atoms with Gasteiger partial charge in [-0.2, -0.15) is 13.2 Å². The summed E-state index contributed by atoms with van der Waals surface area (Å²) in [4.78, 5) is 0. The van der Waals surface area contributed by atoms with Crippen LogP contribution in [0, 0.1) is 5.41 Å². The van der Waals surface area contributed by atoms with Crippen molar-refractivity contribution in [3.05, 3.63) is 0 Å². The van der Waals surface area contributed by atoms with E-state index >= 15 is 0 Å². The maximum atomic E-state index is 11.8. The number of rotatable bonds is 6. The molecule has 0 spiro atoms. The zero-order chi connectivity index (χ0) is 11.2. The van der Waals surface area contributed by atoms with Gasteiger partial charge < -0.3 is 4.74 Å². The Balaban J connectivity index is 3.84. The summed E-state index contributed by atoms with van der Waals surface area (Å²) < 4.78 is 39.9. The molecule has 5 heteroatoms. The molecule has 0 N–H and O–H groups in total. The Bertz CT molecular complexity index is 161. The summed E-state index contributed by atoms with van der Waals surface area (Å²) in [5, 5.41) is 0. The average molecular weight is 233 g/mol. The van der Waals surface area contributed by atoms with Crippen LogP contribution in [0.4, 0.5) is 13.2 Å². The van der Waals surface area contributed by atoms with Crippen LogP contribution < -0.4 is 0 Å². The van der Waals surface area contributed by atoms with Gasteiger partial charge in [-0.3, -0.25) is 0 Å². The van der Waals surface area contributed by atoms with Gasteiger partial charge in [-0.15, -0.1) is 11.6 Å². The van der Waals surface area contributed by atoms with Crippen LogP contribution in [-0.4, -0.2) is 25.3 Å². The summed E-state index contributed by atoms with van der Waals surface area (Å²) in [7, 11) is 0. The zero-order valence-electron chi connectivity index (χ0n) is 8.46. The van der Waals surface area contributed by atoms with Crippen molar-refractivity contribution in [3.63, 3.8) is 0 Å². The van der Waals surface area contributed by atoms with E-state index in [1.807, 2.05) is 13.8 Å². The van der Waals surface area contributed by atoms with Gasteiger partial charge in [0.2, 0.25) is 0 Å². The second kappa shape index (κ2) is 5.81. The predicted molar refractivity (Wildman–Crippen MR) is 50.6 cm³/mol. The van der Waals surface area contributed by atoms with Gasteiger partial charge in [0, 0.05) is 11.3 Å². The molecule has 0 aromatic rings. The lowest BCUT2D eigenvalue weighted by Gasteiger charge is -2.26. The molecule has 0 aliphatic rings. The Morgan fingerprint density at radius 3 is 2.14 bits per heavy atom. The molecule has 1 nitrogen and oxygen atoms in total. The molecule has 0 aromatic carbocycles. The van der Waals surface area contributed by atoms with Gasteiger partial charge in [0.25, 0.3) is 0 Å². The largest absolute Gasteiger partial charge is 0.411 e. The van der Waals surface area contributed by atoms with Crippen LogP contribution in [0.1, 0.15) is 26.7 Å². The molecule has 1 unspecified atom stereocenters. The van der Waals surface area contributed by atoms with Gasteiger partial charge in [0.15, 0.2) is 0 Å². The Morgan fingerprint density at radius 2 is 1.79 bits per heavy atom. The number of hydrogen-bond acceptors (Lipinski definition) is 1. The normalized spacial score (nSPS) is 16.7. The first-order valence-corrected chi connectivity index (χ1v) is 5.07. The van der Waals surface area contributed by atoms with Crippen molar-refractivity contribution < 1.29 is 17.9 Å². The third-order valence-corrected chi connectivity index (χ3v) is 2.54. The summed E-state index contributed by atoms with van der Waals surface area (Å²) in [5.41, 5.74) is -0.346. The number of ether oxygens (including phenoxy) is 1. The van der Waals surface area contributed by atoms with Crippen molar-refractivity contribution in [1.82, 2.24) is 0 Å². The lowest BCUT2D eigenvalue weighted by molar-refractivity contribution is -0.179. The highest BCUT2D eigenvalue weighted by Crippen LogP contribution is 2.26. The third-order valence-electron chi connectivity index (χ3n) is 1.89. The monoisotopic (exact) mass is 232 g/mol. The van der Waals surface area contributed by atoms with Crippen molar-refractivity contribution in [3.8, 4) is 0 Å². The lowest BCUT2D eigenvalue weighted by atomic mass is 9.89. The van der Waals surface area contributed by atoms with Gasteiger partial charge in [-0.05, 0) is 6.42 Å². The fraction of sp³-hybridized carbons (Fsp3) is 1.00. The van der Waals surface area contributed by atoms with E-state index in [0.29, 0.717) is 5.88 Å². The van der Waals surface area contributed by atoms with Crippen molar-refractivity contribution in [2.45, 2.75) is 32.9 Å². The molecular formula is C9H16ClF3O. The van der Waals surface area contributed by atoms with Crippen molar-refractivity contribution in [1.29, 1.82) is 0 Å². The van der Waals surface area contributed by atoms with Crippen LogP contribution >= 0.6 is 11.6 Å². The molecule has 1 atom stereocenters. The van der Waals surface area contributed by atoms with E-state index in [4.69, 9.17) is 11.6 Å².